The average Bonchev–Trinajstić information content (AvgIpc) is 2.48. The normalized spacial score (nSPS) is 17.6. The van der Waals surface area contributed by atoms with Crippen molar-refractivity contribution < 1.29 is 9.47 Å². The van der Waals surface area contributed by atoms with Gasteiger partial charge in [-0.15, -0.1) is 0 Å². The van der Waals surface area contributed by atoms with Crippen molar-refractivity contribution in [2.75, 3.05) is 14.2 Å². The maximum absolute atomic E-state index is 5.42. The molecule has 0 bridgehead atoms. The lowest BCUT2D eigenvalue weighted by molar-refractivity contribution is 0.354. The predicted octanol–water partition coefficient (Wildman–Crippen LogP) is 5.24. The Hall–Kier alpha value is -1.00. The van der Waals surface area contributed by atoms with E-state index in [1.165, 1.54) is 16.7 Å². The molecule has 0 saturated carbocycles. The van der Waals surface area contributed by atoms with Crippen molar-refractivity contribution in [3.63, 3.8) is 0 Å². The molecule has 0 saturated heterocycles. The highest BCUT2D eigenvalue weighted by atomic mass is 79.9. The Morgan fingerprint density at radius 1 is 1.10 bits per heavy atom. The van der Waals surface area contributed by atoms with Gasteiger partial charge in [-0.2, -0.15) is 0 Å². The van der Waals surface area contributed by atoms with Crippen LogP contribution in [0.5, 0.6) is 11.5 Å². The van der Waals surface area contributed by atoms with E-state index in [2.05, 4.69) is 56.1 Å². The molecule has 0 spiro atoms. The number of halogens is 2. The van der Waals surface area contributed by atoms with Gasteiger partial charge in [0.2, 0.25) is 0 Å². The van der Waals surface area contributed by atoms with Gasteiger partial charge in [0.05, 0.1) is 14.2 Å². The largest absolute Gasteiger partial charge is 0.493 e. The summed E-state index contributed by atoms with van der Waals surface area (Å²) in [6.07, 6.45) is 1.10. The van der Waals surface area contributed by atoms with Gasteiger partial charge in [0.1, 0.15) is 0 Å². The van der Waals surface area contributed by atoms with Crippen LogP contribution in [-0.2, 0) is 6.42 Å². The van der Waals surface area contributed by atoms with Crippen LogP contribution >= 0.6 is 31.9 Å². The topological polar surface area (TPSA) is 18.5 Å². The number of alkyl halides is 1. The molecule has 0 aliphatic heterocycles. The van der Waals surface area contributed by atoms with Gasteiger partial charge in [-0.3, -0.25) is 0 Å². The predicted molar refractivity (Wildman–Crippen MR) is 91.8 cm³/mol. The maximum Gasteiger partial charge on any atom is 0.161 e. The molecule has 2 unspecified atom stereocenters. The number of hydrogen-bond acceptors (Lipinski definition) is 2. The third-order valence-corrected chi connectivity index (χ3v) is 5.87. The second-order valence-corrected chi connectivity index (χ2v) is 6.98. The van der Waals surface area contributed by atoms with E-state index in [0.29, 0.717) is 5.92 Å². The fourth-order valence-electron chi connectivity index (χ4n) is 2.86. The molecule has 0 fully saturated rings. The summed E-state index contributed by atoms with van der Waals surface area (Å²) in [4.78, 5) is 0.251. The molecular formula is C17H16Br2O2. The third-order valence-electron chi connectivity index (χ3n) is 4.05. The highest BCUT2D eigenvalue weighted by Crippen LogP contribution is 2.50. The minimum atomic E-state index is 0.251. The van der Waals surface area contributed by atoms with Crippen molar-refractivity contribution in [3.05, 3.63) is 57.6 Å². The van der Waals surface area contributed by atoms with E-state index >= 15 is 0 Å². The van der Waals surface area contributed by atoms with E-state index in [4.69, 9.17) is 9.47 Å². The van der Waals surface area contributed by atoms with Crippen LogP contribution in [0.15, 0.2) is 40.9 Å². The minimum Gasteiger partial charge on any atom is -0.493 e. The zero-order valence-corrected chi connectivity index (χ0v) is 15.1. The van der Waals surface area contributed by atoms with E-state index in [1.54, 1.807) is 14.2 Å². The summed E-state index contributed by atoms with van der Waals surface area (Å²) >= 11 is 7.51. The van der Waals surface area contributed by atoms with Gasteiger partial charge in [0.15, 0.2) is 11.5 Å². The van der Waals surface area contributed by atoms with Crippen molar-refractivity contribution >= 4 is 31.9 Å². The first-order valence-corrected chi connectivity index (χ1v) is 8.50. The molecule has 0 heterocycles. The quantitative estimate of drug-likeness (QED) is 0.640. The maximum atomic E-state index is 5.42. The first kappa shape index (κ1) is 14.9. The lowest BCUT2D eigenvalue weighted by Gasteiger charge is -2.34. The Bertz CT molecular complexity index is 670. The molecule has 0 radical (unpaired) electrons. The van der Waals surface area contributed by atoms with Crippen molar-refractivity contribution in [1.82, 2.24) is 0 Å². The Morgan fingerprint density at radius 3 is 2.43 bits per heavy atom. The number of methoxy groups -OCH3 is 2. The molecule has 0 aromatic heterocycles. The van der Waals surface area contributed by atoms with E-state index in [9.17, 15) is 0 Å². The molecule has 1 aliphatic rings. The van der Waals surface area contributed by atoms with Crippen LogP contribution in [0.1, 0.15) is 27.4 Å². The van der Waals surface area contributed by atoms with Crippen LogP contribution in [0, 0.1) is 0 Å². The van der Waals surface area contributed by atoms with Crippen LogP contribution in [0.25, 0.3) is 0 Å². The van der Waals surface area contributed by atoms with Gasteiger partial charge in [-0.05, 0) is 35.2 Å². The van der Waals surface area contributed by atoms with Crippen molar-refractivity contribution in [2.24, 2.45) is 0 Å². The smallest absolute Gasteiger partial charge is 0.161 e. The number of ether oxygens (including phenoxy) is 2. The lowest BCUT2D eigenvalue weighted by Crippen LogP contribution is -2.21. The van der Waals surface area contributed by atoms with Crippen molar-refractivity contribution in [2.45, 2.75) is 17.2 Å². The molecular weight excluding hydrogens is 396 g/mol. The third kappa shape index (κ3) is 2.59. The molecule has 2 aromatic rings. The Balaban J connectivity index is 1.94. The second-order valence-electron chi connectivity index (χ2n) is 5.14. The summed E-state index contributed by atoms with van der Waals surface area (Å²) in [6, 6.07) is 12.6. The summed E-state index contributed by atoms with van der Waals surface area (Å²) in [6.45, 7) is 0. The standard InChI is InChI=1S/C17H16Br2O2/c1-20-15-8-13(14(18)9-16(15)21-2)17(19)12-7-10-5-3-4-6-11(10)12/h3-6,8-9,12,17H,7H2,1-2H3. The molecule has 0 amide bonds. The number of hydrogen-bond donors (Lipinski definition) is 0. The van der Waals surface area contributed by atoms with Crippen LogP contribution in [0.2, 0.25) is 0 Å². The Morgan fingerprint density at radius 2 is 1.76 bits per heavy atom. The highest BCUT2D eigenvalue weighted by molar-refractivity contribution is 9.11. The van der Waals surface area contributed by atoms with Crippen molar-refractivity contribution in [1.29, 1.82) is 0 Å². The van der Waals surface area contributed by atoms with E-state index in [0.717, 1.165) is 22.4 Å². The molecule has 4 heteroatoms. The van der Waals surface area contributed by atoms with Crippen LogP contribution in [0.4, 0.5) is 0 Å². The summed E-state index contributed by atoms with van der Waals surface area (Å²) in [7, 11) is 3.31. The molecule has 1 aliphatic carbocycles. The van der Waals surface area contributed by atoms with E-state index in [1.807, 2.05) is 12.1 Å². The van der Waals surface area contributed by atoms with Crippen LogP contribution in [0.3, 0.4) is 0 Å². The van der Waals surface area contributed by atoms with Crippen molar-refractivity contribution in [3.8, 4) is 11.5 Å². The lowest BCUT2D eigenvalue weighted by atomic mass is 9.74. The van der Waals surface area contributed by atoms with Gasteiger partial charge in [-0.25, -0.2) is 0 Å². The minimum absolute atomic E-state index is 0.251. The van der Waals surface area contributed by atoms with Gasteiger partial charge in [-0.1, -0.05) is 56.1 Å². The number of fused-ring (bicyclic) bond motifs is 1. The van der Waals surface area contributed by atoms with E-state index in [-0.39, 0.29) is 4.83 Å². The van der Waals surface area contributed by atoms with Gasteiger partial charge in [0.25, 0.3) is 0 Å². The zero-order chi connectivity index (χ0) is 15.0. The van der Waals surface area contributed by atoms with E-state index < -0.39 is 0 Å². The summed E-state index contributed by atoms with van der Waals surface area (Å²) < 4.78 is 11.8. The second kappa shape index (κ2) is 6.01. The molecule has 21 heavy (non-hydrogen) atoms. The highest BCUT2D eigenvalue weighted by Gasteiger charge is 2.33. The fourth-order valence-corrected chi connectivity index (χ4v) is 4.58. The molecule has 2 aromatic carbocycles. The summed E-state index contributed by atoms with van der Waals surface area (Å²) in [5.41, 5.74) is 4.07. The molecule has 0 N–H and O–H groups in total. The van der Waals surface area contributed by atoms with Gasteiger partial charge < -0.3 is 9.47 Å². The fraction of sp³-hybridized carbons (Fsp3) is 0.294. The Labute approximate surface area is 141 Å². The summed E-state index contributed by atoms with van der Waals surface area (Å²) in [5, 5.41) is 0. The molecule has 3 rings (SSSR count). The van der Waals surface area contributed by atoms with Crippen LogP contribution < -0.4 is 9.47 Å². The average molecular weight is 412 g/mol. The van der Waals surface area contributed by atoms with Gasteiger partial charge in [0, 0.05) is 15.2 Å². The molecule has 2 nitrogen and oxygen atoms in total. The first-order chi connectivity index (χ1) is 10.2. The molecule has 110 valence electrons. The van der Waals surface area contributed by atoms with Crippen LogP contribution in [-0.4, -0.2) is 14.2 Å². The molecule has 2 atom stereocenters. The van der Waals surface area contributed by atoms with Gasteiger partial charge >= 0.3 is 0 Å². The zero-order valence-electron chi connectivity index (χ0n) is 11.9. The first-order valence-electron chi connectivity index (χ1n) is 6.79. The number of benzene rings is 2. The monoisotopic (exact) mass is 410 g/mol. The SMILES string of the molecule is COc1cc(Br)c(C(Br)C2Cc3ccccc32)cc1OC. The number of rotatable bonds is 4. The summed E-state index contributed by atoms with van der Waals surface area (Å²) in [5.74, 6) is 1.99. The Kier molecular flexibility index (Phi) is 4.27.